The van der Waals surface area contributed by atoms with Crippen molar-refractivity contribution in [2.45, 2.75) is 20.5 Å². The molecule has 0 aromatic heterocycles. The topological polar surface area (TPSA) is 90.6 Å². The average molecular weight is 354 g/mol. The summed E-state index contributed by atoms with van der Waals surface area (Å²) < 4.78 is 9.87. The predicted molar refractivity (Wildman–Crippen MR) is 100 cm³/mol. The first-order chi connectivity index (χ1) is 12.4. The Morgan fingerprint density at radius 1 is 1.12 bits per heavy atom. The summed E-state index contributed by atoms with van der Waals surface area (Å²) in [5.74, 6) is -0.672. The second-order valence-electron chi connectivity index (χ2n) is 5.80. The molecule has 6 nitrogen and oxygen atoms in total. The lowest BCUT2D eigenvalue weighted by molar-refractivity contribution is -0.136. The molecule has 2 aromatic carbocycles. The minimum atomic E-state index is -0.741. The van der Waals surface area contributed by atoms with Gasteiger partial charge in [-0.1, -0.05) is 30.3 Å². The Balaban J connectivity index is 2.14. The minimum absolute atomic E-state index is 0.0193. The Labute approximate surface area is 152 Å². The van der Waals surface area contributed by atoms with Crippen molar-refractivity contribution in [2.24, 2.45) is 0 Å². The smallest absolute Gasteiger partial charge is 0.412 e. The van der Waals surface area contributed by atoms with Gasteiger partial charge in [0.1, 0.15) is 12.3 Å². The minimum Gasteiger partial charge on any atom is -0.464 e. The lowest BCUT2D eigenvalue weighted by Gasteiger charge is -2.11. The Morgan fingerprint density at radius 2 is 1.73 bits per heavy atom. The van der Waals surface area contributed by atoms with Gasteiger partial charge in [-0.15, -0.1) is 0 Å². The van der Waals surface area contributed by atoms with Crippen molar-refractivity contribution in [3.05, 3.63) is 70.4 Å². The van der Waals surface area contributed by atoms with E-state index in [-0.39, 0.29) is 12.3 Å². The van der Waals surface area contributed by atoms with E-state index in [1.165, 1.54) is 13.2 Å². The van der Waals surface area contributed by atoms with Crippen molar-refractivity contribution in [1.29, 1.82) is 0 Å². The van der Waals surface area contributed by atoms with Crippen LogP contribution >= 0.6 is 0 Å². The van der Waals surface area contributed by atoms with Crippen LogP contribution in [-0.4, -0.2) is 19.2 Å². The number of benzene rings is 2. The molecule has 0 aliphatic heterocycles. The SMILES string of the molecule is COC(=O)/C(=C\c1cc(C)c(N)c(C)c1)NC(=O)OCc1ccccc1. The molecule has 0 aliphatic carbocycles. The summed E-state index contributed by atoms with van der Waals surface area (Å²) in [5, 5.41) is 2.43. The molecule has 136 valence electrons. The molecular formula is C20H22N2O4. The second kappa shape index (κ2) is 8.71. The number of esters is 1. The molecular weight excluding hydrogens is 332 g/mol. The molecule has 2 aromatic rings. The van der Waals surface area contributed by atoms with Gasteiger partial charge in [0.25, 0.3) is 0 Å². The number of carbonyl (C=O) groups excluding carboxylic acids is 2. The van der Waals surface area contributed by atoms with E-state index < -0.39 is 12.1 Å². The van der Waals surface area contributed by atoms with Crippen molar-refractivity contribution in [3.63, 3.8) is 0 Å². The molecule has 0 heterocycles. The highest BCUT2D eigenvalue weighted by atomic mass is 16.6. The van der Waals surface area contributed by atoms with Crippen LogP contribution in [0.5, 0.6) is 0 Å². The molecule has 0 aliphatic rings. The van der Waals surface area contributed by atoms with E-state index in [9.17, 15) is 9.59 Å². The van der Waals surface area contributed by atoms with Crippen molar-refractivity contribution in [3.8, 4) is 0 Å². The first-order valence-electron chi connectivity index (χ1n) is 8.05. The Morgan fingerprint density at radius 3 is 2.31 bits per heavy atom. The van der Waals surface area contributed by atoms with Gasteiger partial charge in [0.05, 0.1) is 7.11 Å². The molecule has 0 bridgehead atoms. The number of carbonyl (C=O) groups is 2. The molecule has 26 heavy (non-hydrogen) atoms. The number of methoxy groups -OCH3 is 1. The number of nitrogens with two attached hydrogens (primary N) is 1. The molecule has 0 fully saturated rings. The third-order valence-electron chi connectivity index (χ3n) is 3.78. The standard InChI is InChI=1S/C20H22N2O4/c1-13-9-16(10-14(2)18(13)21)11-17(19(23)25-3)22-20(24)26-12-15-7-5-4-6-8-15/h4-11H,12,21H2,1-3H3,(H,22,24)/b17-11+. The molecule has 3 N–H and O–H groups in total. The molecule has 0 radical (unpaired) electrons. The van der Waals surface area contributed by atoms with E-state index in [1.54, 1.807) is 0 Å². The zero-order valence-corrected chi connectivity index (χ0v) is 15.0. The van der Waals surface area contributed by atoms with Crippen molar-refractivity contribution < 1.29 is 19.1 Å². The number of anilines is 1. The fourth-order valence-corrected chi connectivity index (χ4v) is 2.38. The number of aryl methyl sites for hydroxylation is 2. The van der Waals surface area contributed by atoms with E-state index in [2.05, 4.69) is 5.32 Å². The number of rotatable bonds is 5. The first kappa shape index (κ1) is 19.1. The van der Waals surface area contributed by atoms with Gasteiger partial charge in [-0.05, 0) is 54.3 Å². The fourth-order valence-electron chi connectivity index (χ4n) is 2.38. The van der Waals surface area contributed by atoms with Gasteiger partial charge in [-0.2, -0.15) is 0 Å². The maximum atomic E-state index is 12.0. The summed E-state index contributed by atoms with van der Waals surface area (Å²) >= 11 is 0. The summed E-state index contributed by atoms with van der Waals surface area (Å²) in [6.45, 7) is 3.85. The van der Waals surface area contributed by atoms with Crippen LogP contribution in [0.25, 0.3) is 6.08 Å². The van der Waals surface area contributed by atoms with Gasteiger partial charge in [-0.3, -0.25) is 5.32 Å². The van der Waals surface area contributed by atoms with Gasteiger partial charge < -0.3 is 15.2 Å². The zero-order chi connectivity index (χ0) is 19.1. The Kier molecular flexibility index (Phi) is 6.38. The van der Waals surface area contributed by atoms with Gasteiger partial charge in [-0.25, -0.2) is 9.59 Å². The van der Waals surface area contributed by atoms with Gasteiger partial charge in [0.15, 0.2) is 0 Å². The van der Waals surface area contributed by atoms with Crippen LogP contribution in [0.3, 0.4) is 0 Å². The predicted octanol–water partition coefficient (Wildman–Crippen LogP) is 3.33. The largest absolute Gasteiger partial charge is 0.464 e. The molecule has 0 saturated carbocycles. The van der Waals surface area contributed by atoms with E-state index >= 15 is 0 Å². The normalized spacial score (nSPS) is 11.0. The number of ether oxygens (including phenoxy) is 2. The molecule has 0 saturated heterocycles. The highest BCUT2D eigenvalue weighted by molar-refractivity contribution is 5.96. The average Bonchev–Trinajstić information content (AvgIpc) is 2.64. The van der Waals surface area contributed by atoms with Crippen molar-refractivity contribution in [2.75, 3.05) is 12.8 Å². The van der Waals surface area contributed by atoms with Gasteiger partial charge in [0, 0.05) is 5.69 Å². The monoisotopic (exact) mass is 354 g/mol. The van der Waals surface area contributed by atoms with Crippen LogP contribution in [0.4, 0.5) is 10.5 Å². The molecule has 6 heteroatoms. The van der Waals surface area contributed by atoms with Crippen LogP contribution in [0.1, 0.15) is 22.3 Å². The van der Waals surface area contributed by atoms with Gasteiger partial charge >= 0.3 is 12.1 Å². The molecule has 2 rings (SSSR count). The van der Waals surface area contributed by atoms with Crippen molar-refractivity contribution in [1.82, 2.24) is 5.32 Å². The highest BCUT2D eigenvalue weighted by Crippen LogP contribution is 2.20. The third kappa shape index (κ3) is 5.11. The highest BCUT2D eigenvalue weighted by Gasteiger charge is 2.15. The van der Waals surface area contributed by atoms with Crippen LogP contribution in [0, 0.1) is 13.8 Å². The zero-order valence-electron chi connectivity index (χ0n) is 15.0. The fraction of sp³-hybridized carbons (Fsp3) is 0.200. The number of amides is 1. The van der Waals surface area contributed by atoms with Gasteiger partial charge in [0.2, 0.25) is 0 Å². The molecule has 0 spiro atoms. The van der Waals surface area contributed by atoms with Crippen LogP contribution in [0.2, 0.25) is 0 Å². The molecule has 0 atom stereocenters. The summed E-state index contributed by atoms with van der Waals surface area (Å²) in [6.07, 6.45) is 0.782. The Hall–Kier alpha value is -3.28. The quantitative estimate of drug-likeness (QED) is 0.488. The molecule has 0 unspecified atom stereocenters. The van der Waals surface area contributed by atoms with Crippen LogP contribution < -0.4 is 11.1 Å². The van der Waals surface area contributed by atoms with Crippen molar-refractivity contribution >= 4 is 23.8 Å². The number of alkyl carbamates (subject to hydrolysis) is 1. The Bertz CT molecular complexity index is 806. The summed E-state index contributed by atoms with van der Waals surface area (Å²) in [6, 6.07) is 12.9. The summed E-state index contributed by atoms with van der Waals surface area (Å²) in [5.41, 5.74) is 9.94. The van der Waals surface area contributed by atoms with E-state index in [0.29, 0.717) is 5.69 Å². The van der Waals surface area contributed by atoms with E-state index in [1.807, 2.05) is 56.3 Å². The lowest BCUT2D eigenvalue weighted by Crippen LogP contribution is -2.28. The number of nitrogens with one attached hydrogen (secondary N) is 1. The van der Waals surface area contributed by atoms with Crippen LogP contribution in [0.15, 0.2) is 48.2 Å². The lowest BCUT2D eigenvalue weighted by atomic mass is 10.0. The second-order valence-corrected chi connectivity index (χ2v) is 5.80. The van der Waals surface area contributed by atoms with E-state index in [0.717, 1.165) is 22.3 Å². The number of nitrogen functional groups attached to an aromatic ring is 1. The third-order valence-corrected chi connectivity index (χ3v) is 3.78. The van der Waals surface area contributed by atoms with Crippen LogP contribution in [-0.2, 0) is 20.9 Å². The van der Waals surface area contributed by atoms with E-state index in [4.69, 9.17) is 15.2 Å². The summed E-state index contributed by atoms with van der Waals surface area (Å²) in [7, 11) is 1.24. The number of hydrogen-bond acceptors (Lipinski definition) is 5. The number of hydrogen-bond donors (Lipinski definition) is 2. The molecule has 1 amide bonds. The maximum absolute atomic E-state index is 12.0. The summed E-state index contributed by atoms with van der Waals surface area (Å²) in [4.78, 5) is 24.0. The maximum Gasteiger partial charge on any atom is 0.412 e. The first-order valence-corrected chi connectivity index (χ1v) is 8.05.